The molecule has 96 valence electrons. The summed E-state index contributed by atoms with van der Waals surface area (Å²) in [7, 11) is 0. The molecule has 1 saturated heterocycles. The lowest BCUT2D eigenvalue weighted by Crippen LogP contribution is -2.40. The predicted molar refractivity (Wildman–Crippen MR) is 68.2 cm³/mol. The Labute approximate surface area is 114 Å². The van der Waals surface area contributed by atoms with Crippen molar-refractivity contribution in [1.82, 2.24) is 4.90 Å². The van der Waals surface area contributed by atoms with Crippen LogP contribution >= 0.6 is 23.2 Å². The van der Waals surface area contributed by atoms with E-state index in [-0.39, 0.29) is 21.5 Å². The van der Waals surface area contributed by atoms with Crippen molar-refractivity contribution in [2.24, 2.45) is 0 Å². The Hall–Kier alpha value is -1.26. The zero-order valence-corrected chi connectivity index (χ0v) is 10.9. The van der Waals surface area contributed by atoms with Gasteiger partial charge in [-0.15, -0.1) is 0 Å². The van der Waals surface area contributed by atoms with Crippen LogP contribution in [0.15, 0.2) is 18.2 Å². The van der Waals surface area contributed by atoms with Crippen molar-refractivity contribution in [3.05, 3.63) is 33.8 Å². The molecule has 0 spiro atoms. The number of likely N-dealkylation sites (tertiary alicyclic amines) is 1. The summed E-state index contributed by atoms with van der Waals surface area (Å²) in [6.07, 6.45) is 1.15. The zero-order chi connectivity index (χ0) is 13.3. The van der Waals surface area contributed by atoms with Crippen molar-refractivity contribution in [2.75, 3.05) is 6.54 Å². The van der Waals surface area contributed by atoms with E-state index < -0.39 is 12.0 Å². The maximum absolute atomic E-state index is 12.3. The number of hydrogen-bond donors (Lipinski definition) is 1. The van der Waals surface area contributed by atoms with Crippen molar-refractivity contribution in [3.63, 3.8) is 0 Å². The molecule has 1 N–H and O–H groups in total. The number of carboxylic acids is 1. The van der Waals surface area contributed by atoms with Crippen molar-refractivity contribution in [3.8, 4) is 0 Å². The summed E-state index contributed by atoms with van der Waals surface area (Å²) in [6, 6.07) is 3.98. The van der Waals surface area contributed by atoms with Gasteiger partial charge in [-0.25, -0.2) is 4.79 Å². The van der Waals surface area contributed by atoms with Gasteiger partial charge in [-0.3, -0.25) is 4.79 Å². The molecule has 4 nitrogen and oxygen atoms in total. The summed E-state index contributed by atoms with van der Waals surface area (Å²) in [6.45, 7) is 0.429. The molecule has 2 rings (SSSR count). The van der Waals surface area contributed by atoms with Gasteiger partial charge in [0.05, 0.1) is 15.6 Å². The molecule has 6 heteroatoms. The number of amides is 1. The van der Waals surface area contributed by atoms with Gasteiger partial charge in [0.2, 0.25) is 0 Å². The predicted octanol–water partition coefficient (Wildman–Crippen LogP) is 2.68. The van der Waals surface area contributed by atoms with E-state index in [1.807, 2.05) is 0 Å². The van der Waals surface area contributed by atoms with Gasteiger partial charge in [0, 0.05) is 6.54 Å². The third-order valence-corrected chi connectivity index (χ3v) is 3.80. The molecule has 1 aromatic carbocycles. The summed E-state index contributed by atoms with van der Waals surface area (Å²) >= 11 is 11.8. The number of halogens is 2. The lowest BCUT2D eigenvalue weighted by molar-refractivity contribution is -0.141. The van der Waals surface area contributed by atoms with Gasteiger partial charge in [-0.05, 0) is 25.0 Å². The number of aliphatic carboxylic acids is 1. The lowest BCUT2D eigenvalue weighted by Gasteiger charge is -2.22. The third kappa shape index (κ3) is 2.31. The second kappa shape index (κ2) is 5.16. The minimum atomic E-state index is -0.987. The minimum Gasteiger partial charge on any atom is -0.480 e. The van der Waals surface area contributed by atoms with E-state index in [9.17, 15) is 9.59 Å². The molecule has 1 atom stereocenters. The first kappa shape index (κ1) is 13.2. The van der Waals surface area contributed by atoms with Gasteiger partial charge in [-0.1, -0.05) is 29.3 Å². The minimum absolute atomic E-state index is 0.167. The van der Waals surface area contributed by atoms with Crippen LogP contribution in [0.25, 0.3) is 0 Å². The topological polar surface area (TPSA) is 57.6 Å². The van der Waals surface area contributed by atoms with E-state index in [0.717, 1.165) is 0 Å². The fourth-order valence-corrected chi connectivity index (χ4v) is 2.47. The number of carboxylic acid groups (broad SMARTS) is 1. The van der Waals surface area contributed by atoms with E-state index >= 15 is 0 Å². The standard InChI is InChI=1S/C12H11Cl2NO3/c13-8-4-1-3-7(10(8)14)11(16)15-6-2-5-9(15)12(17)18/h1,3-4,9H,2,5-6H2,(H,17,18)/t9-/m1/s1. The molecule has 18 heavy (non-hydrogen) atoms. The first-order valence-electron chi connectivity index (χ1n) is 5.50. The number of benzene rings is 1. The monoisotopic (exact) mass is 287 g/mol. The molecule has 0 saturated carbocycles. The van der Waals surface area contributed by atoms with E-state index in [1.54, 1.807) is 18.2 Å². The Morgan fingerprint density at radius 2 is 2.06 bits per heavy atom. The summed E-state index contributed by atoms with van der Waals surface area (Å²) in [5, 5.41) is 9.50. The normalized spacial score (nSPS) is 19.0. The summed E-state index contributed by atoms with van der Waals surface area (Å²) in [5.74, 6) is -1.37. The van der Waals surface area contributed by atoms with Crippen molar-refractivity contribution >= 4 is 35.1 Å². The van der Waals surface area contributed by atoms with Crippen LogP contribution in [-0.2, 0) is 4.79 Å². The average Bonchev–Trinajstić information content (AvgIpc) is 2.81. The Kier molecular flexibility index (Phi) is 3.78. The number of carbonyl (C=O) groups excluding carboxylic acids is 1. The number of carbonyl (C=O) groups is 2. The molecule has 0 aromatic heterocycles. The van der Waals surface area contributed by atoms with Gasteiger partial charge in [-0.2, -0.15) is 0 Å². The molecular formula is C12H11Cl2NO3. The quantitative estimate of drug-likeness (QED) is 0.910. The zero-order valence-electron chi connectivity index (χ0n) is 9.40. The van der Waals surface area contributed by atoms with Crippen molar-refractivity contribution < 1.29 is 14.7 Å². The number of nitrogens with zero attached hydrogens (tertiary/aromatic N) is 1. The van der Waals surface area contributed by atoms with E-state index in [2.05, 4.69) is 0 Å². The maximum Gasteiger partial charge on any atom is 0.326 e. The first-order valence-corrected chi connectivity index (χ1v) is 6.25. The van der Waals surface area contributed by atoms with Crippen LogP contribution in [0.1, 0.15) is 23.2 Å². The molecule has 1 aliphatic rings. The third-order valence-electron chi connectivity index (χ3n) is 2.98. The van der Waals surface area contributed by atoms with E-state index in [0.29, 0.717) is 19.4 Å². The van der Waals surface area contributed by atoms with Crippen LogP contribution in [0.4, 0.5) is 0 Å². The molecule has 1 heterocycles. The van der Waals surface area contributed by atoms with Crippen LogP contribution in [0.2, 0.25) is 10.0 Å². The van der Waals surface area contributed by atoms with Crippen LogP contribution in [0.5, 0.6) is 0 Å². The van der Waals surface area contributed by atoms with Crippen molar-refractivity contribution in [1.29, 1.82) is 0 Å². The highest BCUT2D eigenvalue weighted by Crippen LogP contribution is 2.28. The Morgan fingerprint density at radius 3 is 2.72 bits per heavy atom. The second-order valence-corrected chi connectivity index (χ2v) is 4.88. The Bertz CT molecular complexity index is 504. The number of rotatable bonds is 2. The van der Waals surface area contributed by atoms with Crippen LogP contribution in [-0.4, -0.2) is 34.5 Å². The average molecular weight is 288 g/mol. The van der Waals surface area contributed by atoms with Crippen molar-refractivity contribution in [2.45, 2.75) is 18.9 Å². The highest BCUT2D eigenvalue weighted by molar-refractivity contribution is 6.43. The molecule has 1 aromatic rings. The molecule has 0 aliphatic carbocycles. The maximum atomic E-state index is 12.3. The van der Waals surface area contributed by atoms with Gasteiger partial charge >= 0.3 is 5.97 Å². The van der Waals surface area contributed by atoms with Gasteiger partial charge < -0.3 is 10.0 Å². The SMILES string of the molecule is O=C(O)[C@H]1CCCN1C(=O)c1cccc(Cl)c1Cl. The largest absolute Gasteiger partial charge is 0.480 e. The molecule has 1 amide bonds. The van der Waals surface area contributed by atoms with Gasteiger partial charge in [0.25, 0.3) is 5.91 Å². The Morgan fingerprint density at radius 1 is 1.33 bits per heavy atom. The first-order chi connectivity index (χ1) is 8.52. The highest BCUT2D eigenvalue weighted by Gasteiger charge is 2.35. The van der Waals surface area contributed by atoms with E-state index in [1.165, 1.54) is 4.90 Å². The van der Waals surface area contributed by atoms with Crippen LogP contribution < -0.4 is 0 Å². The lowest BCUT2D eigenvalue weighted by atomic mass is 10.1. The molecule has 0 unspecified atom stereocenters. The number of hydrogen-bond acceptors (Lipinski definition) is 2. The van der Waals surface area contributed by atoms with E-state index in [4.69, 9.17) is 28.3 Å². The fraction of sp³-hybridized carbons (Fsp3) is 0.333. The van der Waals surface area contributed by atoms with Gasteiger partial charge in [0.1, 0.15) is 6.04 Å². The summed E-state index contributed by atoms with van der Waals surface area (Å²) < 4.78 is 0. The fourth-order valence-electron chi connectivity index (χ4n) is 2.09. The smallest absolute Gasteiger partial charge is 0.326 e. The molecular weight excluding hydrogens is 277 g/mol. The molecule has 0 radical (unpaired) electrons. The molecule has 1 fully saturated rings. The summed E-state index contributed by atoms with van der Waals surface area (Å²) in [4.78, 5) is 24.6. The van der Waals surface area contributed by atoms with Crippen LogP contribution in [0.3, 0.4) is 0 Å². The van der Waals surface area contributed by atoms with Crippen LogP contribution in [0, 0.1) is 0 Å². The van der Waals surface area contributed by atoms with Gasteiger partial charge in [0.15, 0.2) is 0 Å². The molecule has 1 aliphatic heterocycles. The summed E-state index contributed by atoms with van der Waals surface area (Å²) in [5.41, 5.74) is 0.248. The highest BCUT2D eigenvalue weighted by atomic mass is 35.5. The Balaban J connectivity index is 2.31. The molecule has 0 bridgehead atoms. The second-order valence-electron chi connectivity index (χ2n) is 4.10.